The van der Waals surface area contributed by atoms with E-state index in [0.29, 0.717) is 5.75 Å². The Balaban J connectivity index is 1.85. The summed E-state index contributed by atoms with van der Waals surface area (Å²) in [5.41, 5.74) is 0.372. The molecule has 0 aromatic heterocycles. The first-order chi connectivity index (χ1) is 11.7. The molecule has 0 bridgehead atoms. The largest absolute Gasteiger partial charge is 0.484 e. The predicted molar refractivity (Wildman–Crippen MR) is 92.5 cm³/mol. The smallest absolute Gasteiger partial charge is 0.416 e. The van der Waals surface area contributed by atoms with Crippen LogP contribution in [-0.2, 0) is 11.0 Å². The van der Waals surface area contributed by atoms with Crippen molar-refractivity contribution < 1.29 is 22.7 Å². The number of nitrogens with one attached hydrogen (secondary N) is 2. The zero-order valence-electron chi connectivity index (χ0n) is 13.2. The van der Waals surface area contributed by atoms with Gasteiger partial charge >= 0.3 is 6.18 Å². The summed E-state index contributed by atoms with van der Waals surface area (Å²) in [6, 6.07) is 11.6. The second-order valence-electron chi connectivity index (χ2n) is 5.18. The molecule has 0 spiro atoms. The molecule has 0 unspecified atom stereocenters. The van der Waals surface area contributed by atoms with Gasteiger partial charge in [-0.1, -0.05) is 23.8 Å². The van der Waals surface area contributed by atoms with Gasteiger partial charge < -0.3 is 10.1 Å². The van der Waals surface area contributed by atoms with Gasteiger partial charge in [-0.3, -0.25) is 10.1 Å². The molecule has 0 aliphatic heterocycles. The van der Waals surface area contributed by atoms with E-state index in [4.69, 9.17) is 17.0 Å². The minimum atomic E-state index is -4.45. The van der Waals surface area contributed by atoms with Gasteiger partial charge in [0.2, 0.25) is 0 Å². The highest BCUT2D eigenvalue weighted by Gasteiger charge is 2.30. The molecule has 4 nitrogen and oxygen atoms in total. The van der Waals surface area contributed by atoms with E-state index in [1.54, 1.807) is 12.1 Å². The van der Waals surface area contributed by atoms with Crippen LogP contribution in [0.5, 0.6) is 5.75 Å². The van der Waals surface area contributed by atoms with Crippen molar-refractivity contribution >= 4 is 28.9 Å². The fourth-order valence-electron chi connectivity index (χ4n) is 1.88. The average Bonchev–Trinajstić information content (AvgIpc) is 2.53. The Morgan fingerprint density at radius 3 is 2.48 bits per heavy atom. The van der Waals surface area contributed by atoms with Gasteiger partial charge in [0.1, 0.15) is 5.75 Å². The van der Waals surface area contributed by atoms with Crippen molar-refractivity contribution in [3.63, 3.8) is 0 Å². The molecular formula is C17H15F3N2O2S. The number of amides is 1. The molecule has 0 saturated carbocycles. The van der Waals surface area contributed by atoms with Crippen LogP contribution in [0, 0.1) is 6.92 Å². The third kappa shape index (κ3) is 6.07. The molecule has 0 saturated heterocycles. The van der Waals surface area contributed by atoms with Gasteiger partial charge in [0, 0.05) is 5.69 Å². The lowest BCUT2D eigenvalue weighted by Crippen LogP contribution is -2.37. The van der Waals surface area contributed by atoms with Crippen LogP contribution in [0.3, 0.4) is 0 Å². The minimum absolute atomic E-state index is 0.114. The number of carbonyl (C=O) groups is 1. The molecule has 0 aliphatic rings. The van der Waals surface area contributed by atoms with Crippen LogP contribution in [0.2, 0.25) is 0 Å². The molecule has 132 valence electrons. The topological polar surface area (TPSA) is 50.4 Å². The van der Waals surface area contributed by atoms with Crippen LogP contribution in [0.4, 0.5) is 18.9 Å². The molecule has 2 rings (SSSR count). The maximum atomic E-state index is 12.7. The molecule has 2 aromatic carbocycles. The van der Waals surface area contributed by atoms with Crippen molar-refractivity contribution in [2.24, 2.45) is 0 Å². The lowest BCUT2D eigenvalue weighted by molar-refractivity contribution is -0.137. The highest BCUT2D eigenvalue weighted by Crippen LogP contribution is 2.30. The quantitative estimate of drug-likeness (QED) is 0.804. The van der Waals surface area contributed by atoms with Crippen LogP contribution < -0.4 is 15.4 Å². The Hall–Kier alpha value is -2.61. The summed E-state index contributed by atoms with van der Waals surface area (Å²) in [6.45, 7) is 1.65. The van der Waals surface area contributed by atoms with Crippen LogP contribution in [0.15, 0.2) is 48.5 Å². The predicted octanol–water partition coefficient (Wildman–Crippen LogP) is 3.91. The number of carbonyl (C=O) groups excluding carboxylic acids is 1. The molecule has 0 aliphatic carbocycles. The van der Waals surface area contributed by atoms with Crippen LogP contribution in [0.25, 0.3) is 0 Å². The number of ether oxygens (including phenoxy) is 1. The van der Waals surface area contributed by atoms with E-state index >= 15 is 0 Å². The van der Waals surface area contributed by atoms with Crippen LogP contribution in [-0.4, -0.2) is 17.6 Å². The number of hydrogen-bond donors (Lipinski definition) is 2. The van der Waals surface area contributed by atoms with E-state index in [2.05, 4.69) is 10.6 Å². The summed E-state index contributed by atoms with van der Waals surface area (Å²) >= 11 is 4.92. The van der Waals surface area contributed by atoms with Crippen molar-refractivity contribution in [2.45, 2.75) is 13.1 Å². The third-order valence-electron chi connectivity index (χ3n) is 3.09. The lowest BCUT2D eigenvalue weighted by atomic mass is 10.2. The molecular weight excluding hydrogens is 353 g/mol. The van der Waals surface area contributed by atoms with E-state index in [9.17, 15) is 18.0 Å². The summed E-state index contributed by atoms with van der Waals surface area (Å²) in [5.74, 6) is 0.00237. The second-order valence-corrected chi connectivity index (χ2v) is 5.59. The standard InChI is InChI=1S/C17H15F3N2O2S/c1-11-5-7-14(8-6-11)24-10-15(23)22-16(25)21-13-4-2-3-12(9-13)17(18,19)20/h2-9H,10H2,1H3,(H2,21,22,23,25). The molecule has 0 fully saturated rings. The molecule has 1 amide bonds. The second kappa shape index (κ2) is 7.98. The van der Waals surface area contributed by atoms with Crippen molar-refractivity contribution in [1.29, 1.82) is 0 Å². The Morgan fingerprint density at radius 1 is 1.16 bits per heavy atom. The number of benzene rings is 2. The maximum absolute atomic E-state index is 12.7. The van der Waals surface area contributed by atoms with Gasteiger partial charge in [0.25, 0.3) is 5.91 Å². The number of rotatable bonds is 4. The van der Waals surface area contributed by atoms with Gasteiger partial charge in [-0.05, 0) is 49.5 Å². The summed E-state index contributed by atoms with van der Waals surface area (Å²) in [7, 11) is 0. The average molecular weight is 368 g/mol. The van der Waals surface area contributed by atoms with Crippen molar-refractivity contribution in [3.05, 3.63) is 59.7 Å². The number of anilines is 1. The Morgan fingerprint density at radius 2 is 1.84 bits per heavy atom. The molecule has 2 N–H and O–H groups in total. The Labute approximate surface area is 148 Å². The first-order valence-corrected chi connectivity index (χ1v) is 7.62. The van der Waals surface area contributed by atoms with E-state index in [1.807, 2.05) is 19.1 Å². The number of halogens is 3. The highest BCUT2D eigenvalue weighted by atomic mass is 32.1. The van der Waals surface area contributed by atoms with Gasteiger partial charge in [-0.2, -0.15) is 13.2 Å². The van der Waals surface area contributed by atoms with Crippen molar-refractivity contribution in [2.75, 3.05) is 11.9 Å². The highest BCUT2D eigenvalue weighted by molar-refractivity contribution is 7.80. The zero-order chi connectivity index (χ0) is 18.4. The van der Waals surface area contributed by atoms with E-state index < -0.39 is 17.6 Å². The fraction of sp³-hybridized carbons (Fsp3) is 0.176. The van der Waals surface area contributed by atoms with Crippen LogP contribution >= 0.6 is 12.2 Å². The van der Waals surface area contributed by atoms with Gasteiger partial charge in [-0.25, -0.2) is 0 Å². The minimum Gasteiger partial charge on any atom is -0.484 e. The van der Waals surface area contributed by atoms with E-state index in [1.165, 1.54) is 12.1 Å². The zero-order valence-corrected chi connectivity index (χ0v) is 14.0. The Kier molecular flexibility index (Phi) is 5.97. The summed E-state index contributed by atoms with van der Waals surface area (Å²) < 4.78 is 43.3. The monoisotopic (exact) mass is 368 g/mol. The summed E-state index contributed by atoms with van der Waals surface area (Å²) in [4.78, 5) is 11.8. The SMILES string of the molecule is Cc1ccc(OCC(=O)NC(=S)Nc2cccc(C(F)(F)F)c2)cc1. The fourth-order valence-corrected chi connectivity index (χ4v) is 2.11. The summed E-state index contributed by atoms with van der Waals surface area (Å²) in [6.07, 6.45) is -4.45. The first kappa shape index (κ1) is 18.7. The van der Waals surface area contributed by atoms with Gasteiger partial charge in [0.05, 0.1) is 5.56 Å². The van der Waals surface area contributed by atoms with Crippen molar-refractivity contribution in [1.82, 2.24) is 5.32 Å². The molecule has 0 atom stereocenters. The third-order valence-corrected chi connectivity index (χ3v) is 3.30. The molecule has 8 heteroatoms. The number of hydrogen-bond acceptors (Lipinski definition) is 3. The molecule has 2 aromatic rings. The first-order valence-electron chi connectivity index (χ1n) is 7.21. The lowest BCUT2D eigenvalue weighted by Gasteiger charge is -2.12. The molecule has 0 radical (unpaired) electrons. The Bertz CT molecular complexity index is 761. The van der Waals surface area contributed by atoms with Crippen molar-refractivity contribution in [3.8, 4) is 5.75 Å². The van der Waals surface area contributed by atoms with Crippen LogP contribution in [0.1, 0.15) is 11.1 Å². The van der Waals surface area contributed by atoms with E-state index in [0.717, 1.165) is 17.7 Å². The van der Waals surface area contributed by atoms with Gasteiger partial charge in [-0.15, -0.1) is 0 Å². The maximum Gasteiger partial charge on any atom is 0.416 e. The number of alkyl halides is 3. The number of aryl methyl sites for hydroxylation is 1. The van der Waals surface area contributed by atoms with Gasteiger partial charge in [0.15, 0.2) is 11.7 Å². The normalized spacial score (nSPS) is 10.9. The van der Waals surface area contributed by atoms with E-state index in [-0.39, 0.29) is 17.4 Å². The summed E-state index contributed by atoms with van der Waals surface area (Å²) in [5, 5.41) is 4.76. The molecule has 25 heavy (non-hydrogen) atoms. The number of thiocarbonyl (C=S) groups is 1. The molecule has 0 heterocycles.